The number of carbonyl (C=O) groups is 1. The molecule has 3 rings (SSSR count). The lowest BCUT2D eigenvalue weighted by molar-refractivity contribution is -0.129. The van der Waals surface area contributed by atoms with Crippen LogP contribution in [0, 0.1) is 13.8 Å². The second-order valence-electron chi connectivity index (χ2n) is 6.58. The normalized spacial score (nSPS) is 16.0. The molecular formula is C18H25N3OS. The van der Waals surface area contributed by atoms with E-state index in [1.54, 1.807) is 0 Å². The highest BCUT2D eigenvalue weighted by Crippen LogP contribution is 2.25. The molecule has 4 nitrogen and oxygen atoms in total. The number of imidazole rings is 1. The number of nitrogens with one attached hydrogen (secondary N) is 1. The smallest absolute Gasteiger partial charge is 0.233 e. The van der Waals surface area contributed by atoms with E-state index in [1.165, 1.54) is 42.2 Å². The van der Waals surface area contributed by atoms with Crippen LogP contribution in [0.5, 0.6) is 0 Å². The fourth-order valence-corrected chi connectivity index (χ4v) is 4.03. The first kappa shape index (κ1) is 16.4. The van der Waals surface area contributed by atoms with E-state index in [4.69, 9.17) is 0 Å². The number of thioether (sulfide) groups is 1. The van der Waals surface area contributed by atoms with Crippen molar-refractivity contribution in [2.45, 2.75) is 57.1 Å². The van der Waals surface area contributed by atoms with E-state index >= 15 is 0 Å². The number of aromatic amines is 1. The molecule has 0 spiro atoms. The number of H-pyrrole nitrogens is 1. The Kier molecular flexibility index (Phi) is 4.95. The summed E-state index contributed by atoms with van der Waals surface area (Å²) in [7, 11) is 1.95. The number of hydrogen-bond acceptors (Lipinski definition) is 3. The SMILES string of the molecule is Cc1cc2nc(SCC(=O)N(C)C3CCCCC3)[nH]c2cc1C. The summed E-state index contributed by atoms with van der Waals surface area (Å²) in [5, 5.41) is 0.829. The van der Waals surface area contributed by atoms with Crippen LogP contribution in [0.3, 0.4) is 0 Å². The molecular weight excluding hydrogens is 306 g/mol. The number of benzene rings is 1. The van der Waals surface area contributed by atoms with Crippen molar-refractivity contribution >= 4 is 28.7 Å². The number of rotatable bonds is 4. The predicted octanol–water partition coefficient (Wildman–Crippen LogP) is 4.06. The highest BCUT2D eigenvalue weighted by atomic mass is 32.2. The molecule has 1 aliphatic carbocycles. The minimum absolute atomic E-state index is 0.203. The van der Waals surface area contributed by atoms with Crippen LogP contribution in [-0.4, -0.2) is 39.6 Å². The highest BCUT2D eigenvalue weighted by molar-refractivity contribution is 7.99. The zero-order valence-corrected chi connectivity index (χ0v) is 15.0. The minimum Gasteiger partial charge on any atom is -0.342 e. The molecule has 0 unspecified atom stereocenters. The Labute approximate surface area is 142 Å². The van der Waals surface area contributed by atoms with Gasteiger partial charge in [-0.3, -0.25) is 4.79 Å². The van der Waals surface area contributed by atoms with E-state index in [0.717, 1.165) is 29.0 Å². The van der Waals surface area contributed by atoms with Crippen LogP contribution in [0.1, 0.15) is 43.2 Å². The van der Waals surface area contributed by atoms with E-state index in [9.17, 15) is 4.79 Å². The van der Waals surface area contributed by atoms with Crippen LogP contribution < -0.4 is 0 Å². The molecule has 0 radical (unpaired) electrons. The summed E-state index contributed by atoms with van der Waals surface area (Å²) in [5.74, 6) is 0.653. The summed E-state index contributed by atoms with van der Waals surface area (Å²) >= 11 is 1.50. The quantitative estimate of drug-likeness (QED) is 0.859. The molecule has 1 aromatic heterocycles. The van der Waals surface area contributed by atoms with Crippen LogP contribution in [0.4, 0.5) is 0 Å². The van der Waals surface area contributed by atoms with Crippen LogP contribution in [0.25, 0.3) is 11.0 Å². The summed E-state index contributed by atoms with van der Waals surface area (Å²) in [6, 6.07) is 4.65. The maximum atomic E-state index is 12.4. The van der Waals surface area contributed by atoms with Crippen LogP contribution in [0.2, 0.25) is 0 Å². The molecule has 0 saturated heterocycles. The standard InChI is InChI=1S/C18H25N3OS/c1-12-9-15-16(10-13(12)2)20-18(19-15)23-11-17(22)21(3)14-7-5-4-6-8-14/h9-10,14H,4-8,11H2,1-3H3,(H,19,20). The van der Waals surface area contributed by atoms with Gasteiger partial charge in [-0.25, -0.2) is 4.98 Å². The number of carbonyl (C=O) groups excluding carboxylic acids is 1. The van der Waals surface area contributed by atoms with Crippen molar-refractivity contribution in [3.8, 4) is 0 Å². The topological polar surface area (TPSA) is 49.0 Å². The van der Waals surface area contributed by atoms with Gasteiger partial charge in [-0.1, -0.05) is 31.0 Å². The molecule has 1 heterocycles. The molecule has 0 bridgehead atoms. The Balaban J connectivity index is 1.62. The number of aryl methyl sites for hydroxylation is 2. The van der Waals surface area contributed by atoms with Crippen molar-refractivity contribution in [2.75, 3.05) is 12.8 Å². The average Bonchev–Trinajstić information content (AvgIpc) is 2.95. The molecule has 1 amide bonds. The largest absolute Gasteiger partial charge is 0.342 e. The van der Waals surface area contributed by atoms with Crippen molar-refractivity contribution in [1.29, 1.82) is 0 Å². The second kappa shape index (κ2) is 6.95. The number of nitrogens with zero attached hydrogens (tertiary/aromatic N) is 2. The van der Waals surface area contributed by atoms with Gasteiger partial charge in [0.2, 0.25) is 5.91 Å². The van der Waals surface area contributed by atoms with Crippen LogP contribution in [-0.2, 0) is 4.79 Å². The predicted molar refractivity (Wildman–Crippen MR) is 95.9 cm³/mol. The minimum atomic E-state index is 0.203. The Morgan fingerprint density at radius 2 is 1.96 bits per heavy atom. The van der Waals surface area contributed by atoms with Crippen LogP contribution in [0.15, 0.2) is 17.3 Å². The Hall–Kier alpha value is -1.49. The van der Waals surface area contributed by atoms with Gasteiger partial charge in [0.1, 0.15) is 0 Å². The molecule has 2 aromatic rings. The van der Waals surface area contributed by atoms with Gasteiger partial charge in [0.25, 0.3) is 0 Å². The third-order valence-electron chi connectivity index (χ3n) is 4.92. The van der Waals surface area contributed by atoms with Crippen LogP contribution >= 0.6 is 11.8 Å². The first-order valence-corrected chi connectivity index (χ1v) is 9.38. The van der Waals surface area contributed by atoms with Gasteiger partial charge in [0.05, 0.1) is 16.8 Å². The fraction of sp³-hybridized carbons (Fsp3) is 0.556. The van der Waals surface area contributed by atoms with E-state index in [2.05, 4.69) is 35.9 Å². The lowest BCUT2D eigenvalue weighted by atomic mass is 9.94. The zero-order valence-electron chi connectivity index (χ0n) is 14.2. The van der Waals surface area contributed by atoms with Gasteiger partial charge < -0.3 is 9.88 Å². The molecule has 1 N–H and O–H groups in total. The van der Waals surface area contributed by atoms with E-state index in [1.807, 2.05) is 11.9 Å². The van der Waals surface area contributed by atoms with Gasteiger partial charge in [-0.05, 0) is 49.9 Å². The summed E-state index contributed by atoms with van der Waals surface area (Å²) in [4.78, 5) is 22.3. The average molecular weight is 331 g/mol. The lowest BCUT2D eigenvalue weighted by Crippen LogP contribution is -2.39. The Morgan fingerprint density at radius 1 is 1.26 bits per heavy atom. The monoisotopic (exact) mass is 331 g/mol. The fourth-order valence-electron chi connectivity index (χ4n) is 3.22. The van der Waals surface area contributed by atoms with Crippen molar-refractivity contribution < 1.29 is 4.79 Å². The van der Waals surface area contributed by atoms with Crippen molar-refractivity contribution in [3.63, 3.8) is 0 Å². The summed E-state index contributed by atoms with van der Waals surface area (Å²) in [5.41, 5.74) is 4.52. The maximum absolute atomic E-state index is 12.4. The maximum Gasteiger partial charge on any atom is 0.233 e. The third kappa shape index (κ3) is 3.71. The number of hydrogen-bond donors (Lipinski definition) is 1. The van der Waals surface area contributed by atoms with Gasteiger partial charge in [0.15, 0.2) is 5.16 Å². The van der Waals surface area contributed by atoms with E-state index in [-0.39, 0.29) is 5.91 Å². The molecule has 5 heteroatoms. The summed E-state index contributed by atoms with van der Waals surface area (Å²) in [6.07, 6.45) is 6.10. The number of aromatic nitrogens is 2. The molecule has 1 aliphatic rings. The molecule has 124 valence electrons. The molecule has 1 aromatic carbocycles. The second-order valence-corrected chi connectivity index (χ2v) is 7.54. The van der Waals surface area contributed by atoms with E-state index < -0.39 is 0 Å². The van der Waals surface area contributed by atoms with Crippen molar-refractivity contribution in [3.05, 3.63) is 23.3 Å². The molecule has 1 saturated carbocycles. The molecule has 1 fully saturated rings. The van der Waals surface area contributed by atoms with Gasteiger partial charge >= 0.3 is 0 Å². The lowest BCUT2D eigenvalue weighted by Gasteiger charge is -2.31. The summed E-state index contributed by atoms with van der Waals surface area (Å²) < 4.78 is 0. The van der Waals surface area contributed by atoms with Crippen molar-refractivity contribution in [1.82, 2.24) is 14.9 Å². The number of fused-ring (bicyclic) bond motifs is 1. The Morgan fingerprint density at radius 3 is 2.70 bits per heavy atom. The van der Waals surface area contributed by atoms with Gasteiger partial charge in [0, 0.05) is 13.1 Å². The van der Waals surface area contributed by atoms with E-state index in [0.29, 0.717) is 11.8 Å². The first-order chi connectivity index (χ1) is 11.0. The van der Waals surface area contributed by atoms with Crippen molar-refractivity contribution in [2.24, 2.45) is 0 Å². The first-order valence-electron chi connectivity index (χ1n) is 8.40. The summed E-state index contributed by atoms with van der Waals surface area (Å²) in [6.45, 7) is 4.20. The number of amides is 1. The highest BCUT2D eigenvalue weighted by Gasteiger charge is 2.22. The molecule has 0 aliphatic heterocycles. The van der Waals surface area contributed by atoms with Gasteiger partial charge in [-0.15, -0.1) is 0 Å². The zero-order chi connectivity index (χ0) is 16.4. The molecule has 23 heavy (non-hydrogen) atoms. The van der Waals surface area contributed by atoms with Gasteiger partial charge in [-0.2, -0.15) is 0 Å². The molecule has 0 atom stereocenters. The third-order valence-corrected chi connectivity index (χ3v) is 5.78. The Bertz CT molecular complexity index is 665.